The first-order chi connectivity index (χ1) is 11.1. The van der Waals surface area contributed by atoms with Gasteiger partial charge < -0.3 is 10.3 Å². The van der Waals surface area contributed by atoms with E-state index in [4.69, 9.17) is 11.6 Å². The van der Waals surface area contributed by atoms with Crippen LogP contribution in [-0.2, 0) is 0 Å². The summed E-state index contributed by atoms with van der Waals surface area (Å²) in [7, 11) is 0. The second-order valence-corrected chi connectivity index (χ2v) is 5.67. The number of amides is 1. The fourth-order valence-electron chi connectivity index (χ4n) is 2.47. The van der Waals surface area contributed by atoms with E-state index in [1.54, 1.807) is 24.5 Å². The lowest BCUT2D eigenvalue weighted by atomic mass is 10.0. The quantitative estimate of drug-likeness (QED) is 0.764. The van der Waals surface area contributed by atoms with E-state index in [9.17, 15) is 4.79 Å². The number of rotatable bonds is 4. The Hall–Kier alpha value is -2.59. The summed E-state index contributed by atoms with van der Waals surface area (Å²) >= 11 is 6.10. The van der Waals surface area contributed by atoms with Gasteiger partial charge in [-0.1, -0.05) is 29.8 Å². The molecule has 0 fully saturated rings. The summed E-state index contributed by atoms with van der Waals surface area (Å²) in [6, 6.07) is 14.5. The molecular weight excluding hydrogens is 310 g/mol. The molecule has 0 unspecified atom stereocenters. The van der Waals surface area contributed by atoms with Crippen LogP contribution in [0.1, 0.15) is 33.4 Å². The maximum absolute atomic E-state index is 12.6. The number of aromatic amines is 1. The third kappa shape index (κ3) is 3.43. The molecule has 3 aromatic rings. The highest BCUT2D eigenvalue weighted by Gasteiger charge is 2.20. The van der Waals surface area contributed by atoms with Crippen LogP contribution in [0.25, 0.3) is 0 Å². The summed E-state index contributed by atoms with van der Waals surface area (Å²) in [5.74, 6) is -0.153. The molecule has 5 heteroatoms. The Morgan fingerprint density at radius 3 is 2.74 bits per heavy atom. The molecule has 2 N–H and O–H groups in total. The topological polar surface area (TPSA) is 57.8 Å². The average Bonchev–Trinajstić information content (AvgIpc) is 2.99. The van der Waals surface area contributed by atoms with Crippen molar-refractivity contribution in [2.75, 3.05) is 0 Å². The minimum absolute atomic E-state index is 0.153. The van der Waals surface area contributed by atoms with Crippen LogP contribution in [0.4, 0.5) is 0 Å². The number of aromatic nitrogens is 2. The Labute approximate surface area is 139 Å². The van der Waals surface area contributed by atoms with Gasteiger partial charge in [0.1, 0.15) is 0 Å². The van der Waals surface area contributed by atoms with Crippen LogP contribution in [-0.4, -0.2) is 15.9 Å². The molecule has 116 valence electrons. The van der Waals surface area contributed by atoms with Crippen molar-refractivity contribution < 1.29 is 4.79 Å². The Kier molecular flexibility index (Phi) is 4.44. The van der Waals surface area contributed by atoms with Crippen molar-refractivity contribution >= 4 is 17.5 Å². The van der Waals surface area contributed by atoms with Crippen LogP contribution in [0.5, 0.6) is 0 Å². The molecule has 2 aromatic heterocycles. The molecule has 0 bridgehead atoms. The molecule has 0 aliphatic rings. The zero-order valence-electron chi connectivity index (χ0n) is 12.6. The van der Waals surface area contributed by atoms with E-state index < -0.39 is 0 Å². The molecule has 0 spiro atoms. The summed E-state index contributed by atoms with van der Waals surface area (Å²) in [6.07, 6.45) is 3.46. The molecule has 1 atom stereocenters. The lowest BCUT2D eigenvalue weighted by Gasteiger charge is -2.19. The van der Waals surface area contributed by atoms with Crippen molar-refractivity contribution in [3.63, 3.8) is 0 Å². The van der Waals surface area contributed by atoms with Gasteiger partial charge in [0.25, 0.3) is 5.91 Å². The predicted molar refractivity (Wildman–Crippen MR) is 90.5 cm³/mol. The third-order valence-electron chi connectivity index (χ3n) is 3.64. The number of pyridine rings is 1. The van der Waals surface area contributed by atoms with Crippen molar-refractivity contribution in [3.8, 4) is 0 Å². The second kappa shape index (κ2) is 6.67. The van der Waals surface area contributed by atoms with E-state index in [0.29, 0.717) is 10.6 Å². The van der Waals surface area contributed by atoms with Gasteiger partial charge in [-0.15, -0.1) is 0 Å². The molecule has 0 saturated carbocycles. The number of halogens is 1. The van der Waals surface area contributed by atoms with Crippen LogP contribution in [0.3, 0.4) is 0 Å². The number of aryl methyl sites for hydroxylation is 1. The molecule has 0 radical (unpaired) electrons. The normalized spacial score (nSPS) is 11.9. The van der Waals surface area contributed by atoms with Crippen molar-refractivity contribution in [2.45, 2.75) is 13.0 Å². The number of hydrogen-bond donors (Lipinski definition) is 2. The zero-order valence-corrected chi connectivity index (χ0v) is 13.3. The standard InChI is InChI=1S/C18H16ClN3O/c1-12-15(8-10-20-12)18(23)22-17(16-7-2-3-9-21-16)13-5-4-6-14(19)11-13/h2-11,17,20H,1H3,(H,22,23)/t17-/m0/s1. The summed E-state index contributed by atoms with van der Waals surface area (Å²) in [6.45, 7) is 1.87. The van der Waals surface area contributed by atoms with Crippen LogP contribution in [0, 0.1) is 6.92 Å². The number of carbonyl (C=O) groups is 1. The first-order valence-electron chi connectivity index (χ1n) is 7.26. The van der Waals surface area contributed by atoms with Crippen LogP contribution in [0.15, 0.2) is 60.9 Å². The van der Waals surface area contributed by atoms with E-state index in [-0.39, 0.29) is 11.9 Å². The number of hydrogen-bond acceptors (Lipinski definition) is 2. The molecule has 3 rings (SSSR count). The van der Waals surface area contributed by atoms with Gasteiger partial charge in [0.2, 0.25) is 0 Å². The molecule has 0 saturated heterocycles. The van der Waals surface area contributed by atoms with E-state index >= 15 is 0 Å². The summed E-state index contributed by atoms with van der Waals surface area (Å²) in [5, 5.41) is 3.66. The van der Waals surface area contributed by atoms with Crippen LogP contribution < -0.4 is 5.32 Å². The van der Waals surface area contributed by atoms with Gasteiger partial charge in [-0.3, -0.25) is 9.78 Å². The van der Waals surface area contributed by atoms with Crippen LogP contribution >= 0.6 is 11.6 Å². The Morgan fingerprint density at radius 2 is 2.09 bits per heavy atom. The first kappa shape index (κ1) is 15.3. The predicted octanol–water partition coefficient (Wildman–Crippen LogP) is 3.89. The third-order valence-corrected chi connectivity index (χ3v) is 3.87. The van der Waals surface area contributed by atoms with Gasteiger partial charge in [0, 0.05) is 23.1 Å². The molecule has 23 heavy (non-hydrogen) atoms. The van der Waals surface area contributed by atoms with E-state index in [1.165, 1.54) is 0 Å². The summed E-state index contributed by atoms with van der Waals surface area (Å²) < 4.78 is 0. The fourth-order valence-corrected chi connectivity index (χ4v) is 2.67. The Balaban J connectivity index is 1.96. The summed E-state index contributed by atoms with van der Waals surface area (Å²) in [5.41, 5.74) is 3.09. The van der Waals surface area contributed by atoms with E-state index in [1.807, 2.05) is 43.3 Å². The minimum Gasteiger partial charge on any atom is -0.365 e. The van der Waals surface area contributed by atoms with Gasteiger partial charge >= 0.3 is 0 Å². The number of benzene rings is 1. The van der Waals surface area contributed by atoms with Gasteiger partial charge in [0.05, 0.1) is 17.3 Å². The molecular formula is C18H16ClN3O. The first-order valence-corrected chi connectivity index (χ1v) is 7.64. The molecule has 0 aliphatic carbocycles. The number of nitrogens with one attached hydrogen (secondary N) is 2. The van der Waals surface area contributed by atoms with Crippen molar-refractivity contribution in [1.82, 2.24) is 15.3 Å². The monoisotopic (exact) mass is 325 g/mol. The zero-order chi connectivity index (χ0) is 16.2. The van der Waals surface area contributed by atoms with Gasteiger partial charge in [-0.2, -0.15) is 0 Å². The largest absolute Gasteiger partial charge is 0.365 e. The summed E-state index contributed by atoms with van der Waals surface area (Å²) in [4.78, 5) is 20.0. The molecule has 1 amide bonds. The Bertz CT molecular complexity index is 814. The van der Waals surface area contributed by atoms with Gasteiger partial charge in [-0.25, -0.2) is 0 Å². The molecule has 1 aromatic carbocycles. The maximum atomic E-state index is 12.6. The smallest absolute Gasteiger partial charge is 0.253 e. The van der Waals surface area contributed by atoms with Crippen molar-refractivity contribution in [2.24, 2.45) is 0 Å². The molecule has 4 nitrogen and oxygen atoms in total. The number of H-pyrrole nitrogens is 1. The minimum atomic E-state index is -0.364. The lowest BCUT2D eigenvalue weighted by molar-refractivity contribution is 0.0942. The van der Waals surface area contributed by atoms with Crippen molar-refractivity contribution in [3.05, 3.63) is 88.5 Å². The second-order valence-electron chi connectivity index (χ2n) is 5.23. The number of nitrogens with zero attached hydrogens (tertiary/aromatic N) is 1. The highest BCUT2D eigenvalue weighted by atomic mass is 35.5. The molecule has 2 heterocycles. The lowest BCUT2D eigenvalue weighted by Crippen LogP contribution is -2.30. The average molecular weight is 326 g/mol. The highest BCUT2D eigenvalue weighted by Crippen LogP contribution is 2.23. The van der Waals surface area contributed by atoms with Crippen LogP contribution in [0.2, 0.25) is 5.02 Å². The van der Waals surface area contributed by atoms with Gasteiger partial charge in [-0.05, 0) is 42.8 Å². The van der Waals surface area contributed by atoms with Gasteiger partial charge in [0.15, 0.2) is 0 Å². The number of carbonyl (C=O) groups excluding carboxylic acids is 1. The molecule has 0 aliphatic heterocycles. The fraction of sp³-hybridized carbons (Fsp3) is 0.111. The SMILES string of the molecule is Cc1[nH]ccc1C(=O)N[C@@H](c1cccc(Cl)c1)c1ccccn1. The van der Waals surface area contributed by atoms with E-state index in [0.717, 1.165) is 17.0 Å². The van der Waals surface area contributed by atoms with E-state index in [2.05, 4.69) is 15.3 Å². The maximum Gasteiger partial charge on any atom is 0.253 e. The Morgan fingerprint density at radius 1 is 1.22 bits per heavy atom. The highest BCUT2D eigenvalue weighted by molar-refractivity contribution is 6.30. The van der Waals surface area contributed by atoms with Crippen molar-refractivity contribution in [1.29, 1.82) is 0 Å².